The molecule has 0 radical (unpaired) electrons. The molecule has 5 nitrogen and oxygen atoms in total. The van der Waals surface area contributed by atoms with Crippen LogP contribution >= 0.6 is 0 Å². The predicted octanol–water partition coefficient (Wildman–Crippen LogP) is 2.91. The summed E-state index contributed by atoms with van der Waals surface area (Å²) in [6.45, 7) is 0.939. The number of amides is 1. The van der Waals surface area contributed by atoms with Crippen LogP contribution in [0.25, 0.3) is 10.9 Å². The highest BCUT2D eigenvalue weighted by atomic mass is 16.5. The van der Waals surface area contributed by atoms with Crippen molar-refractivity contribution >= 4 is 22.8 Å². The number of para-hydroxylation sites is 1. The molecule has 0 saturated carbocycles. The van der Waals surface area contributed by atoms with Crippen LogP contribution in [0.5, 0.6) is 0 Å². The molecule has 0 atom stereocenters. The number of rotatable bonds is 3. The molecule has 0 spiro atoms. The Bertz CT molecular complexity index is 931. The summed E-state index contributed by atoms with van der Waals surface area (Å²) in [5, 5.41) is 1.15. The number of carbonyl (C=O) groups is 2. The van der Waals surface area contributed by atoms with Gasteiger partial charge in [0.1, 0.15) is 0 Å². The first-order valence-corrected chi connectivity index (χ1v) is 8.31. The van der Waals surface area contributed by atoms with E-state index in [4.69, 9.17) is 4.74 Å². The van der Waals surface area contributed by atoms with Crippen LogP contribution in [-0.2, 0) is 22.5 Å². The topological polar surface area (TPSA) is 62.4 Å². The molecule has 5 heteroatoms. The number of benzene rings is 2. The largest absolute Gasteiger partial charge is 0.452 e. The smallest absolute Gasteiger partial charge is 0.338 e. The number of H-pyrrole nitrogens is 1. The maximum atomic E-state index is 12.4. The van der Waals surface area contributed by atoms with E-state index in [0.717, 1.165) is 22.9 Å². The fourth-order valence-corrected chi connectivity index (χ4v) is 3.26. The van der Waals surface area contributed by atoms with Gasteiger partial charge in [-0.1, -0.05) is 36.4 Å². The van der Waals surface area contributed by atoms with Crippen LogP contribution in [0, 0.1) is 0 Å². The van der Waals surface area contributed by atoms with Gasteiger partial charge >= 0.3 is 5.97 Å². The van der Waals surface area contributed by atoms with Gasteiger partial charge in [-0.3, -0.25) is 4.79 Å². The number of nitrogens with zero attached hydrogens (tertiary/aromatic N) is 1. The Labute approximate surface area is 145 Å². The number of hydrogen-bond acceptors (Lipinski definition) is 3. The lowest BCUT2D eigenvalue weighted by Gasteiger charge is -2.27. The number of ether oxygens (including phenoxy) is 1. The molecule has 3 aromatic rings. The SMILES string of the molecule is O=C(OCC(=O)N1CCc2[nH]c3ccccc3c2C1)c1ccccc1. The molecule has 1 N–H and O–H groups in total. The van der Waals surface area contributed by atoms with Crippen LogP contribution in [0.3, 0.4) is 0 Å². The Morgan fingerprint density at radius 1 is 1.04 bits per heavy atom. The molecular weight excluding hydrogens is 316 g/mol. The second-order valence-electron chi connectivity index (χ2n) is 6.14. The summed E-state index contributed by atoms with van der Waals surface area (Å²) >= 11 is 0. The molecule has 2 heterocycles. The van der Waals surface area contributed by atoms with Crippen molar-refractivity contribution in [3.05, 3.63) is 71.4 Å². The summed E-state index contributed by atoms with van der Waals surface area (Å²) in [5.41, 5.74) is 3.89. The fourth-order valence-electron chi connectivity index (χ4n) is 3.26. The van der Waals surface area contributed by atoms with Crippen LogP contribution < -0.4 is 0 Å². The maximum Gasteiger partial charge on any atom is 0.338 e. The molecule has 1 aromatic heterocycles. The summed E-state index contributed by atoms with van der Waals surface area (Å²) in [7, 11) is 0. The van der Waals surface area contributed by atoms with Gasteiger partial charge in [-0.2, -0.15) is 0 Å². The maximum absolute atomic E-state index is 12.4. The van der Waals surface area contributed by atoms with E-state index in [-0.39, 0.29) is 12.5 Å². The van der Waals surface area contributed by atoms with Crippen molar-refractivity contribution in [3.8, 4) is 0 Å². The Kier molecular flexibility index (Phi) is 3.98. The average molecular weight is 334 g/mol. The predicted molar refractivity (Wildman–Crippen MR) is 94.1 cm³/mol. The molecular formula is C20H18N2O3. The van der Waals surface area contributed by atoms with E-state index >= 15 is 0 Å². The van der Waals surface area contributed by atoms with E-state index in [9.17, 15) is 9.59 Å². The normalized spacial score (nSPS) is 13.5. The van der Waals surface area contributed by atoms with Crippen LogP contribution in [-0.4, -0.2) is 34.9 Å². The zero-order chi connectivity index (χ0) is 17.2. The van der Waals surface area contributed by atoms with Gasteiger partial charge in [-0.25, -0.2) is 4.79 Å². The van der Waals surface area contributed by atoms with Crippen LogP contribution in [0.1, 0.15) is 21.6 Å². The summed E-state index contributed by atoms with van der Waals surface area (Å²) in [5.74, 6) is -0.640. The first kappa shape index (κ1) is 15.4. The van der Waals surface area contributed by atoms with E-state index in [2.05, 4.69) is 11.1 Å². The minimum atomic E-state index is -0.473. The molecule has 0 aliphatic carbocycles. The van der Waals surface area contributed by atoms with E-state index in [1.807, 2.05) is 24.3 Å². The molecule has 1 amide bonds. The average Bonchev–Trinajstić information content (AvgIpc) is 3.04. The van der Waals surface area contributed by atoms with Crippen LogP contribution in [0.2, 0.25) is 0 Å². The number of hydrogen-bond donors (Lipinski definition) is 1. The van der Waals surface area contributed by atoms with E-state index < -0.39 is 5.97 Å². The highest BCUT2D eigenvalue weighted by Crippen LogP contribution is 2.27. The van der Waals surface area contributed by atoms with Gasteiger partial charge in [-0.15, -0.1) is 0 Å². The zero-order valence-corrected chi connectivity index (χ0v) is 13.7. The van der Waals surface area contributed by atoms with Crippen molar-refractivity contribution in [2.24, 2.45) is 0 Å². The van der Waals surface area contributed by atoms with Crippen LogP contribution in [0.4, 0.5) is 0 Å². The summed E-state index contributed by atoms with van der Waals surface area (Å²) in [6.07, 6.45) is 0.780. The Morgan fingerprint density at radius 2 is 1.80 bits per heavy atom. The standard InChI is InChI=1S/C20H18N2O3/c23-19(13-25-20(24)14-6-2-1-3-7-14)22-11-10-18-16(12-22)15-8-4-5-9-17(15)21-18/h1-9,21H,10-13H2. The first-order valence-electron chi connectivity index (χ1n) is 8.31. The van der Waals surface area contributed by atoms with E-state index in [0.29, 0.717) is 18.7 Å². The Morgan fingerprint density at radius 3 is 2.64 bits per heavy atom. The number of nitrogens with one attached hydrogen (secondary N) is 1. The number of esters is 1. The number of aromatic amines is 1. The molecule has 1 aliphatic heterocycles. The van der Waals surface area contributed by atoms with Crippen LogP contribution in [0.15, 0.2) is 54.6 Å². The first-order chi connectivity index (χ1) is 12.2. The van der Waals surface area contributed by atoms with Crippen molar-refractivity contribution < 1.29 is 14.3 Å². The molecule has 25 heavy (non-hydrogen) atoms. The zero-order valence-electron chi connectivity index (χ0n) is 13.7. The Balaban J connectivity index is 1.43. The number of carbonyl (C=O) groups excluding carboxylic acids is 2. The van der Waals surface area contributed by atoms with Crippen molar-refractivity contribution in [2.45, 2.75) is 13.0 Å². The van der Waals surface area contributed by atoms with Crippen molar-refractivity contribution in [1.82, 2.24) is 9.88 Å². The second-order valence-corrected chi connectivity index (χ2v) is 6.14. The highest BCUT2D eigenvalue weighted by molar-refractivity contribution is 5.91. The second kappa shape index (κ2) is 6.43. The molecule has 2 aromatic carbocycles. The minimum absolute atomic E-state index is 0.166. The third-order valence-corrected chi connectivity index (χ3v) is 4.57. The van der Waals surface area contributed by atoms with Gasteiger partial charge in [0.25, 0.3) is 5.91 Å². The quantitative estimate of drug-likeness (QED) is 0.749. The lowest BCUT2D eigenvalue weighted by atomic mass is 10.0. The molecule has 1 aliphatic rings. The lowest BCUT2D eigenvalue weighted by Crippen LogP contribution is -2.38. The molecule has 0 unspecified atom stereocenters. The highest BCUT2D eigenvalue weighted by Gasteiger charge is 2.24. The Hall–Kier alpha value is -3.08. The summed E-state index contributed by atoms with van der Waals surface area (Å²) in [4.78, 5) is 29.6. The summed E-state index contributed by atoms with van der Waals surface area (Å²) < 4.78 is 5.16. The lowest BCUT2D eigenvalue weighted by molar-refractivity contribution is -0.135. The number of fused-ring (bicyclic) bond motifs is 3. The van der Waals surface area contributed by atoms with Gasteiger partial charge in [0.15, 0.2) is 6.61 Å². The van der Waals surface area contributed by atoms with Crippen molar-refractivity contribution in [2.75, 3.05) is 13.2 Å². The van der Waals surface area contributed by atoms with Gasteiger partial charge in [0, 0.05) is 41.7 Å². The minimum Gasteiger partial charge on any atom is -0.452 e. The third-order valence-electron chi connectivity index (χ3n) is 4.57. The van der Waals surface area contributed by atoms with Crippen molar-refractivity contribution in [1.29, 1.82) is 0 Å². The monoisotopic (exact) mass is 334 g/mol. The fraction of sp³-hybridized carbons (Fsp3) is 0.200. The van der Waals surface area contributed by atoms with Gasteiger partial charge in [-0.05, 0) is 18.2 Å². The van der Waals surface area contributed by atoms with E-state index in [1.54, 1.807) is 29.2 Å². The molecule has 0 fully saturated rings. The van der Waals surface area contributed by atoms with Gasteiger partial charge < -0.3 is 14.6 Å². The molecule has 4 rings (SSSR count). The third kappa shape index (κ3) is 3.01. The number of aromatic nitrogens is 1. The molecule has 0 bridgehead atoms. The van der Waals surface area contributed by atoms with E-state index in [1.165, 1.54) is 5.69 Å². The van der Waals surface area contributed by atoms with Gasteiger partial charge in [0.2, 0.25) is 0 Å². The van der Waals surface area contributed by atoms with Gasteiger partial charge in [0.05, 0.1) is 5.56 Å². The van der Waals surface area contributed by atoms with Crippen molar-refractivity contribution in [3.63, 3.8) is 0 Å². The molecule has 0 saturated heterocycles. The summed E-state index contributed by atoms with van der Waals surface area (Å²) in [6, 6.07) is 16.8. The molecule has 126 valence electrons.